The molecule has 1 aromatic carbocycles. The smallest absolute Gasteiger partial charge is 0.255 e. The van der Waals surface area contributed by atoms with Crippen LogP contribution in [0.15, 0.2) is 27.6 Å². The van der Waals surface area contributed by atoms with Gasteiger partial charge in [-0.25, -0.2) is 0 Å². The van der Waals surface area contributed by atoms with E-state index in [9.17, 15) is 4.79 Å². The van der Waals surface area contributed by atoms with Crippen molar-refractivity contribution in [1.82, 2.24) is 4.90 Å². The Morgan fingerprint density at radius 1 is 1.30 bits per heavy atom. The molecule has 0 saturated heterocycles. The molecule has 0 atom stereocenters. The lowest BCUT2D eigenvalue weighted by Gasteiger charge is -2.32. The number of halogens is 1. The maximum Gasteiger partial charge on any atom is 0.255 e. The molecule has 0 bridgehead atoms. The van der Waals surface area contributed by atoms with Crippen molar-refractivity contribution in [1.29, 1.82) is 0 Å². The van der Waals surface area contributed by atoms with Crippen LogP contribution in [-0.4, -0.2) is 23.4 Å². The average molecular weight is 358 g/mol. The van der Waals surface area contributed by atoms with Gasteiger partial charge in [-0.05, 0) is 37.0 Å². The highest BCUT2D eigenvalue weighted by Crippen LogP contribution is 2.23. The molecule has 0 unspecified atom stereocenters. The largest absolute Gasteiger partial charge is 0.335 e. The summed E-state index contributed by atoms with van der Waals surface area (Å²) in [6.45, 7) is 9.35. The molecule has 20 heavy (non-hydrogen) atoms. The van der Waals surface area contributed by atoms with Crippen molar-refractivity contribution in [3.8, 4) is 0 Å². The number of hydrogen-bond donors (Lipinski definition) is 1. The SMILES string of the molecule is CCC(CC)N(CC(C)C)C(=O)c1ccc(Br)cc1S. The van der Waals surface area contributed by atoms with E-state index in [1.54, 1.807) is 0 Å². The van der Waals surface area contributed by atoms with E-state index in [4.69, 9.17) is 0 Å². The summed E-state index contributed by atoms with van der Waals surface area (Å²) in [6, 6.07) is 5.91. The van der Waals surface area contributed by atoms with Gasteiger partial charge in [0.05, 0.1) is 5.56 Å². The van der Waals surface area contributed by atoms with Gasteiger partial charge in [-0.1, -0.05) is 43.6 Å². The van der Waals surface area contributed by atoms with Gasteiger partial charge in [0.25, 0.3) is 5.91 Å². The third-order valence-corrected chi connectivity index (χ3v) is 4.26. The van der Waals surface area contributed by atoms with Crippen LogP contribution in [0.25, 0.3) is 0 Å². The van der Waals surface area contributed by atoms with E-state index < -0.39 is 0 Å². The predicted octanol–water partition coefficient (Wildman–Crippen LogP) is 5.02. The number of nitrogens with zero attached hydrogens (tertiary/aromatic N) is 1. The third kappa shape index (κ3) is 4.52. The lowest BCUT2D eigenvalue weighted by Crippen LogP contribution is -2.42. The molecule has 1 aromatic rings. The van der Waals surface area contributed by atoms with E-state index in [2.05, 4.69) is 56.3 Å². The fourth-order valence-electron chi connectivity index (χ4n) is 2.36. The summed E-state index contributed by atoms with van der Waals surface area (Å²) in [6.07, 6.45) is 1.96. The maximum atomic E-state index is 12.8. The minimum atomic E-state index is 0.0879. The van der Waals surface area contributed by atoms with E-state index in [0.717, 1.165) is 28.8 Å². The quantitative estimate of drug-likeness (QED) is 0.708. The van der Waals surface area contributed by atoms with Gasteiger partial charge < -0.3 is 4.90 Å². The van der Waals surface area contributed by atoms with Gasteiger partial charge in [-0.3, -0.25) is 4.79 Å². The topological polar surface area (TPSA) is 20.3 Å². The molecule has 0 aliphatic rings. The van der Waals surface area contributed by atoms with Crippen LogP contribution >= 0.6 is 28.6 Å². The number of carbonyl (C=O) groups is 1. The van der Waals surface area contributed by atoms with E-state index in [1.165, 1.54) is 0 Å². The van der Waals surface area contributed by atoms with Crippen LogP contribution in [-0.2, 0) is 0 Å². The number of carbonyl (C=O) groups excluding carboxylic acids is 1. The molecule has 0 radical (unpaired) electrons. The molecule has 0 N–H and O–H groups in total. The molecule has 0 spiro atoms. The summed E-state index contributed by atoms with van der Waals surface area (Å²) in [5, 5.41) is 0. The van der Waals surface area contributed by atoms with Crippen molar-refractivity contribution >= 4 is 34.5 Å². The minimum absolute atomic E-state index is 0.0879. The Hall–Kier alpha value is -0.480. The van der Waals surface area contributed by atoms with E-state index >= 15 is 0 Å². The first-order valence-corrected chi connectivity index (χ1v) is 8.44. The Balaban J connectivity index is 3.09. The summed E-state index contributed by atoms with van der Waals surface area (Å²) in [5.41, 5.74) is 0.684. The zero-order chi connectivity index (χ0) is 15.3. The van der Waals surface area contributed by atoms with Crippen molar-refractivity contribution in [3.63, 3.8) is 0 Å². The molecule has 0 heterocycles. The predicted molar refractivity (Wildman–Crippen MR) is 91.6 cm³/mol. The van der Waals surface area contributed by atoms with Crippen molar-refractivity contribution in [2.24, 2.45) is 5.92 Å². The van der Waals surface area contributed by atoms with Crippen molar-refractivity contribution in [2.75, 3.05) is 6.54 Å². The number of amides is 1. The Labute approximate surface area is 136 Å². The van der Waals surface area contributed by atoms with Gasteiger partial charge in [0.1, 0.15) is 0 Å². The highest BCUT2D eigenvalue weighted by atomic mass is 79.9. The van der Waals surface area contributed by atoms with Crippen LogP contribution < -0.4 is 0 Å². The molecule has 0 saturated carbocycles. The Kier molecular flexibility index (Phi) is 7.10. The Morgan fingerprint density at radius 3 is 2.35 bits per heavy atom. The van der Waals surface area contributed by atoms with Crippen LogP contribution in [0, 0.1) is 5.92 Å². The normalized spacial score (nSPS) is 11.2. The van der Waals surface area contributed by atoms with Crippen molar-refractivity contribution in [3.05, 3.63) is 28.2 Å². The lowest BCUT2D eigenvalue weighted by molar-refractivity contribution is 0.0637. The second-order valence-corrected chi connectivity index (χ2v) is 6.88. The molecular formula is C16H24BrNOS. The Bertz CT molecular complexity index is 458. The lowest BCUT2D eigenvalue weighted by atomic mass is 10.1. The second-order valence-electron chi connectivity index (χ2n) is 5.48. The molecule has 0 aliphatic carbocycles. The van der Waals surface area contributed by atoms with Crippen LogP contribution in [0.3, 0.4) is 0 Å². The van der Waals surface area contributed by atoms with Crippen LogP contribution in [0.2, 0.25) is 0 Å². The number of benzene rings is 1. The van der Waals surface area contributed by atoms with Gasteiger partial charge in [0.15, 0.2) is 0 Å². The van der Waals surface area contributed by atoms with Gasteiger partial charge in [0, 0.05) is 22.0 Å². The third-order valence-electron chi connectivity index (χ3n) is 3.40. The molecule has 0 aromatic heterocycles. The van der Waals surface area contributed by atoms with Gasteiger partial charge in [-0.15, -0.1) is 12.6 Å². The highest BCUT2D eigenvalue weighted by molar-refractivity contribution is 9.10. The number of rotatable bonds is 6. The monoisotopic (exact) mass is 357 g/mol. The van der Waals surface area contributed by atoms with Gasteiger partial charge in [0.2, 0.25) is 0 Å². The number of hydrogen-bond acceptors (Lipinski definition) is 2. The van der Waals surface area contributed by atoms with Gasteiger partial charge in [-0.2, -0.15) is 0 Å². The fraction of sp³-hybridized carbons (Fsp3) is 0.562. The van der Waals surface area contributed by atoms with E-state index in [1.807, 2.05) is 23.1 Å². The highest BCUT2D eigenvalue weighted by Gasteiger charge is 2.24. The summed E-state index contributed by atoms with van der Waals surface area (Å²) in [7, 11) is 0. The summed E-state index contributed by atoms with van der Waals surface area (Å²) < 4.78 is 0.942. The fourth-order valence-corrected chi connectivity index (χ4v) is 3.21. The van der Waals surface area contributed by atoms with Gasteiger partial charge >= 0.3 is 0 Å². The molecule has 4 heteroatoms. The minimum Gasteiger partial charge on any atom is -0.335 e. The first-order valence-electron chi connectivity index (χ1n) is 7.20. The second kappa shape index (κ2) is 8.08. The van der Waals surface area contributed by atoms with Crippen LogP contribution in [0.1, 0.15) is 50.9 Å². The summed E-state index contributed by atoms with van der Waals surface area (Å²) >= 11 is 7.85. The molecule has 1 rings (SSSR count). The molecule has 1 amide bonds. The van der Waals surface area contributed by atoms with Crippen LogP contribution in [0.4, 0.5) is 0 Å². The van der Waals surface area contributed by atoms with Crippen molar-refractivity contribution < 1.29 is 4.79 Å². The summed E-state index contributed by atoms with van der Waals surface area (Å²) in [5.74, 6) is 0.545. The average Bonchev–Trinajstić information content (AvgIpc) is 2.37. The molecule has 112 valence electrons. The zero-order valence-electron chi connectivity index (χ0n) is 12.7. The first-order chi connectivity index (χ1) is 9.40. The van der Waals surface area contributed by atoms with E-state index in [-0.39, 0.29) is 5.91 Å². The number of thiol groups is 1. The van der Waals surface area contributed by atoms with E-state index in [0.29, 0.717) is 17.5 Å². The maximum absolute atomic E-state index is 12.8. The standard InChI is InChI=1S/C16H24BrNOS/c1-5-13(6-2)18(10-11(3)4)16(19)14-8-7-12(17)9-15(14)20/h7-9,11,13,20H,5-6,10H2,1-4H3. The molecule has 2 nitrogen and oxygen atoms in total. The molecule has 0 aliphatic heterocycles. The van der Waals surface area contributed by atoms with Crippen molar-refractivity contribution in [2.45, 2.75) is 51.5 Å². The van der Waals surface area contributed by atoms with Crippen LogP contribution in [0.5, 0.6) is 0 Å². The first kappa shape index (κ1) is 17.6. The molecular weight excluding hydrogens is 334 g/mol. The molecule has 0 fully saturated rings. The zero-order valence-corrected chi connectivity index (χ0v) is 15.2. The summed E-state index contributed by atoms with van der Waals surface area (Å²) in [4.78, 5) is 15.6. The Morgan fingerprint density at radius 2 is 1.90 bits per heavy atom.